The Morgan fingerprint density at radius 2 is 1.54 bits per heavy atom. The van der Waals surface area contributed by atoms with Gasteiger partial charge in [0.05, 0.1) is 11.5 Å². The molecule has 2 aliphatic carbocycles. The topological polar surface area (TPSA) is 72.2 Å². The second kappa shape index (κ2) is 6.60. The first kappa shape index (κ1) is 17.2. The van der Waals surface area contributed by atoms with Crippen molar-refractivity contribution in [3.05, 3.63) is 75.7 Å². The van der Waals surface area contributed by atoms with Crippen molar-refractivity contribution in [1.82, 2.24) is 0 Å². The van der Waals surface area contributed by atoms with Crippen molar-refractivity contribution in [2.24, 2.45) is 5.73 Å². The quantitative estimate of drug-likeness (QED) is 0.694. The summed E-state index contributed by atoms with van der Waals surface area (Å²) >= 11 is 1.51. The molecular formula is C23H20N2O2S. The SMILES string of the molecule is NC(=O)c1c(NC(=O)C2c3ccccc3-c3ccccc32)sc2c1CCCC2. The van der Waals surface area contributed by atoms with Gasteiger partial charge in [0.1, 0.15) is 5.00 Å². The number of hydrogen-bond acceptors (Lipinski definition) is 3. The highest BCUT2D eigenvalue weighted by atomic mass is 32.1. The smallest absolute Gasteiger partial charge is 0.251 e. The average Bonchev–Trinajstić information content (AvgIpc) is 3.23. The van der Waals surface area contributed by atoms with E-state index in [4.69, 9.17) is 5.73 Å². The molecule has 140 valence electrons. The number of thiophene rings is 1. The van der Waals surface area contributed by atoms with Crippen LogP contribution >= 0.6 is 11.3 Å². The highest BCUT2D eigenvalue weighted by Gasteiger charge is 2.34. The van der Waals surface area contributed by atoms with Crippen LogP contribution in [0.15, 0.2) is 48.5 Å². The Morgan fingerprint density at radius 3 is 2.18 bits per heavy atom. The van der Waals surface area contributed by atoms with Crippen molar-refractivity contribution < 1.29 is 9.59 Å². The minimum Gasteiger partial charge on any atom is -0.365 e. The van der Waals surface area contributed by atoms with E-state index in [1.807, 2.05) is 36.4 Å². The molecule has 3 aromatic rings. The van der Waals surface area contributed by atoms with Gasteiger partial charge >= 0.3 is 0 Å². The molecule has 2 aromatic carbocycles. The number of carbonyl (C=O) groups excluding carboxylic acids is 2. The number of nitrogens with one attached hydrogen (secondary N) is 1. The monoisotopic (exact) mass is 388 g/mol. The Labute approximate surface area is 167 Å². The molecule has 0 atom stereocenters. The summed E-state index contributed by atoms with van der Waals surface area (Å²) in [5.74, 6) is -0.951. The summed E-state index contributed by atoms with van der Waals surface area (Å²) in [5, 5.41) is 3.65. The molecule has 1 aromatic heterocycles. The molecule has 0 bridgehead atoms. The highest BCUT2D eigenvalue weighted by molar-refractivity contribution is 7.17. The lowest BCUT2D eigenvalue weighted by molar-refractivity contribution is -0.116. The molecular weight excluding hydrogens is 368 g/mol. The lowest BCUT2D eigenvalue weighted by atomic mass is 9.94. The third kappa shape index (κ3) is 2.58. The second-order valence-electron chi connectivity index (χ2n) is 7.38. The summed E-state index contributed by atoms with van der Waals surface area (Å²) in [6.45, 7) is 0. The van der Waals surface area contributed by atoms with E-state index >= 15 is 0 Å². The molecule has 0 spiro atoms. The normalized spacial score (nSPS) is 14.9. The Kier molecular flexibility index (Phi) is 4.05. The number of hydrogen-bond donors (Lipinski definition) is 2. The zero-order valence-electron chi connectivity index (χ0n) is 15.3. The van der Waals surface area contributed by atoms with E-state index in [0.717, 1.165) is 53.5 Å². The van der Waals surface area contributed by atoms with E-state index in [-0.39, 0.29) is 11.8 Å². The van der Waals surface area contributed by atoms with E-state index in [1.165, 1.54) is 16.2 Å². The lowest BCUT2D eigenvalue weighted by Gasteiger charge is -2.14. The predicted octanol–water partition coefficient (Wildman–Crippen LogP) is 4.48. The maximum atomic E-state index is 13.4. The molecule has 0 fully saturated rings. The fourth-order valence-electron chi connectivity index (χ4n) is 4.54. The summed E-state index contributed by atoms with van der Waals surface area (Å²) in [4.78, 5) is 26.7. The van der Waals surface area contributed by atoms with Gasteiger partial charge in [-0.1, -0.05) is 48.5 Å². The standard InChI is InChI=1S/C23H20N2O2S/c24-21(26)20-17-11-5-6-12-18(17)28-23(20)25-22(27)19-15-9-3-1-7-13(15)14-8-2-4-10-16(14)19/h1-4,7-10,19H,5-6,11-12H2,(H2,24,26)(H,25,27). The molecule has 28 heavy (non-hydrogen) atoms. The highest BCUT2D eigenvalue weighted by Crippen LogP contribution is 2.46. The number of amides is 2. The predicted molar refractivity (Wildman–Crippen MR) is 112 cm³/mol. The summed E-state index contributed by atoms with van der Waals surface area (Å²) in [6, 6.07) is 16.0. The molecule has 0 saturated carbocycles. The van der Waals surface area contributed by atoms with Gasteiger partial charge < -0.3 is 11.1 Å². The number of carbonyl (C=O) groups is 2. The van der Waals surface area contributed by atoms with E-state index in [9.17, 15) is 9.59 Å². The van der Waals surface area contributed by atoms with Crippen molar-refractivity contribution in [3.63, 3.8) is 0 Å². The van der Waals surface area contributed by atoms with Gasteiger partial charge in [-0.2, -0.15) is 0 Å². The first-order valence-electron chi connectivity index (χ1n) is 9.58. The summed E-state index contributed by atoms with van der Waals surface area (Å²) in [6.07, 6.45) is 3.98. The first-order chi connectivity index (χ1) is 13.6. The maximum absolute atomic E-state index is 13.4. The number of aryl methyl sites for hydroxylation is 1. The number of benzene rings is 2. The van der Waals surface area contributed by atoms with Crippen LogP contribution in [0.3, 0.4) is 0 Å². The van der Waals surface area contributed by atoms with Crippen molar-refractivity contribution in [1.29, 1.82) is 0 Å². The maximum Gasteiger partial charge on any atom is 0.251 e. The Balaban J connectivity index is 1.55. The van der Waals surface area contributed by atoms with E-state index < -0.39 is 5.91 Å². The van der Waals surface area contributed by atoms with Gasteiger partial charge in [-0.3, -0.25) is 9.59 Å². The zero-order chi connectivity index (χ0) is 19.3. The molecule has 0 unspecified atom stereocenters. The zero-order valence-corrected chi connectivity index (χ0v) is 16.1. The summed E-state index contributed by atoms with van der Waals surface area (Å²) in [5.41, 5.74) is 11.4. The second-order valence-corrected chi connectivity index (χ2v) is 8.48. The van der Waals surface area contributed by atoms with Crippen molar-refractivity contribution in [3.8, 4) is 11.1 Å². The van der Waals surface area contributed by atoms with Crippen LogP contribution in [0.4, 0.5) is 5.00 Å². The molecule has 5 heteroatoms. The van der Waals surface area contributed by atoms with E-state index in [1.54, 1.807) is 0 Å². The molecule has 2 amide bonds. The molecule has 3 N–H and O–H groups in total. The Hall–Kier alpha value is -2.92. The minimum atomic E-state index is -0.457. The van der Waals surface area contributed by atoms with Crippen LogP contribution in [0, 0.1) is 0 Å². The molecule has 5 rings (SSSR count). The van der Waals surface area contributed by atoms with Crippen LogP contribution in [-0.4, -0.2) is 11.8 Å². The average molecular weight is 388 g/mol. The van der Waals surface area contributed by atoms with Gasteiger partial charge in [-0.05, 0) is 53.5 Å². The van der Waals surface area contributed by atoms with Crippen LogP contribution in [-0.2, 0) is 17.6 Å². The number of primary amides is 1. The third-order valence-electron chi connectivity index (χ3n) is 5.75. The molecule has 0 radical (unpaired) electrons. The number of rotatable bonds is 3. The van der Waals surface area contributed by atoms with Gasteiger partial charge in [0, 0.05) is 4.88 Å². The van der Waals surface area contributed by atoms with Gasteiger partial charge in [-0.15, -0.1) is 11.3 Å². The van der Waals surface area contributed by atoms with Crippen LogP contribution in [0.1, 0.15) is 50.7 Å². The molecule has 0 aliphatic heterocycles. The van der Waals surface area contributed by atoms with E-state index in [2.05, 4.69) is 17.4 Å². The largest absolute Gasteiger partial charge is 0.365 e. The van der Waals surface area contributed by atoms with Crippen LogP contribution < -0.4 is 11.1 Å². The number of fused-ring (bicyclic) bond motifs is 4. The molecule has 0 saturated heterocycles. The van der Waals surface area contributed by atoms with Crippen molar-refractivity contribution in [2.75, 3.05) is 5.32 Å². The van der Waals surface area contributed by atoms with Gasteiger partial charge in [0.15, 0.2) is 0 Å². The third-order valence-corrected chi connectivity index (χ3v) is 6.96. The Bertz CT molecular complexity index is 1070. The van der Waals surface area contributed by atoms with Crippen LogP contribution in [0.2, 0.25) is 0 Å². The molecule has 2 aliphatic rings. The van der Waals surface area contributed by atoms with Crippen LogP contribution in [0.25, 0.3) is 11.1 Å². The molecule has 4 nitrogen and oxygen atoms in total. The lowest BCUT2D eigenvalue weighted by Crippen LogP contribution is -2.22. The molecule has 1 heterocycles. The minimum absolute atomic E-state index is 0.113. The van der Waals surface area contributed by atoms with Crippen molar-refractivity contribution >= 4 is 28.2 Å². The van der Waals surface area contributed by atoms with E-state index in [0.29, 0.717) is 10.6 Å². The van der Waals surface area contributed by atoms with Crippen molar-refractivity contribution in [2.45, 2.75) is 31.6 Å². The number of anilines is 1. The van der Waals surface area contributed by atoms with Gasteiger partial charge in [0.25, 0.3) is 5.91 Å². The first-order valence-corrected chi connectivity index (χ1v) is 10.4. The summed E-state index contributed by atoms with van der Waals surface area (Å²) < 4.78 is 0. The number of nitrogens with two attached hydrogens (primary N) is 1. The van der Waals surface area contributed by atoms with Crippen LogP contribution in [0.5, 0.6) is 0 Å². The Morgan fingerprint density at radius 1 is 0.929 bits per heavy atom. The fraction of sp³-hybridized carbons (Fsp3) is 0.217. The summed E-state index contributed by atoms with van der Waals surface area (Å²) in [7, 11) is 0. The fourth-order valence-corrected chi connectivity index (χ4v) is 5.83. The van der Waals surface area contributed by atoms with Gasteiger partial charge in [-0.25, -0.2) is 0 Å². The van der Waals surface area contributed by atoms with Gasteiger partial charge in [0.2, 0.25) is 5.91 Å².